The zero-order chi connectivity index (χ0) is 13.7. The summed E-state index contributed by atoms with van der Waals surface area (Å²) in [5, 5.41) is 3.28. The Morgan fingerprint density at radius 1 is 1.11 bits per heavy atom. The lowest BCUT2D eigenvalue weighted by Crippen LogP contribution is -2.43. The fraction of sp³-hybridized carbons (Fsp3) is 1.00. The minimum atomic E-state index is -3.06. The molecule has 0 saturated carbocycles. The molecule has 2 aliphatic heterocycles. The maximum Gasteiger partial charge on any atom is 0.214 e. The molecule has 1 N–H and O–H groups in total. The van der Waals surface area contributed by atoms with Crippen LogP contribution in [0.15, 0.2) is 0 Å². The van der Waals surface area contributed by atoms with Crippen LogP contribution in [0.2, 0.25) is 0 Å². The Morgan fingerprint density at radius 2 is 1.74 bits per heavy atom. The fourth-order valence-corrected chi connectivity index (χ4v) is 4.95. The summed E-state index contributed by atoms with van der Waals surface area (Å²) in [6.45, 7) is 4.00. The van der Waals surface area contributed by atoms with Gasteiger partial charge in [-0.2, -0.15) is 0 Å². The van der Waals surface area contributed by atoms with Crippen LogP contribution in [0.5, 0.6) is 0 Å². The Balaban J connectivity index is 1.83. The molecule has 0 aromatic carbocycles. The van der Waals surface area contributed by atoms with Gasteiger partial charge in [-0.1, -0.05) is 0 Å². The largest absolute Gasteiger partial charge is 0.384 e. The Hall–Kier alpha value is -0.170. The van der Waals surface area contributed by atoms with Crippen LogP contribution in [0.25, 0.3) is 0 Å². The molecule has 0 atom stereocenters. The maximum atomic E-state index is 12.4. The van der Waals surface area contributed by atoms with Crippen molar-refractivity contribution in [2.24, 2.45) is 11.8 Å². The molecule has 2 fully saturated rings. The van der Waals surface area contributed by atoms with Crippen molar-refractivity contribution in [1.82, 2.24) is 9.62 Å². The topological polar surface area (TPSA) is 58.6 Å². The lowest BCUT2D eigenvalue weighted by atomic mass is 9.99. The van der Waals surface area contributed by atoms with E-state index in [0.29, 0.717) is 30.7 Å². The minimum Gasteiger partial charge on any atom is -0.384 e. The lowest BCUT2D eigenvalue weighted by Gasteiger charge is -2.32. The first-order valence-electron chi connectivity index (χ1n) is 7.29. The number of nitrogens with zero attached hydrogens (tertiary/aromatic N) is 1. The van der Waals surface area contributed by atoms with Crippen LogP contribution in [-0.2, 0) is 14.8 Å². The average molecular weight is 290 g/mol. The highest BCUT2D eigenvalue weighted by Gasteiger charge is 2.30. The number of methoxy groups -OCH3 is 1. The number of hydrogen-bond donors (Lipinski definition) is 1. The van der Waals surface area contributed by atoms with E-state index < -0.39 is 10.0 Å². The number of nitrogens with one attached hydrogen (secondary N) is 1. The summed E-state index contributed by atoms with van der Waals surface area (Å²) in [4.78, 5) is 0. The second-order valence-electron chi connectivity index (χ2n) is 5.77. The highest BCUT2D eigenvalue weighted by atomic mass is 32.2. The second-order valence-corrected chi connectivity index (χ2v) is 7.78. The highest BCUT2D eigenvalue weighted by molar-refractivity contribution is 7.89. The molecule has 6 heteroatoms. The lowest BCUT2D eigenvalue weighted by molar-refractivity contribution is 0.121. The Bertz CT molecular complexity index is 358. The molecule has 0 unspecified atom stereocenters. The zero-order valence-electron chi connectivity index (χ0n) is 11.8. The van der Waals surface area contributed by atoms with Crippen molar-refractivity contribution in [2.75, 3.05) is 45.6 Å². The average Bonchev–Trinajstić information content (AvgIpc) is 2.40. The standard InChI is InChI=1S/C13H26N2O3S/c1-18-10-12-4-8-15(9-5-12)19(16,17)11-13-2-6-14-7-3-13/h12-14H,2-11H2,1H3. The first-order chi connectivity index (χ1) is 9.12. The zero-order valence-corrected chi connectivity index (χ0v) is 12.6. The van der Waals surface area contributed by atoms with Crippen molar-refractivity contribution in [3.8, 4) is 0 Å². The Labute approximate surface area is 116 Å². The number of piperidine rings is 2. The van der Waals surface area contributed by atoms with E-state index in [1.807, 2.05) is 0 Å². The molecule has 2 saturated heterocycles. The van der Waals surface area contributed by atoms with Gasteiger partial charge in [-0.15, -0.1) is 0 Å². The van der Waals surface area contributed by atoms with Gasteiger partial charge in [-0.05, 0) is 50.6 Å². The molecule has 19 heavy (non-hydrogen) atoms. The SMILES string of the molecule is COCC1CCN(S(=O)(=O)CC2CCNCC2)CC1. The van der Waals surface area contributed by atoms with Crippen molar-refractivity contribution in [2.45, 2.75) is 25.7 Å². The van der Waals surface area contributed by atoms with Gasteiger partial charge in [0.1, 0.15) is 0 Å². The maximum absolute atomic E-state index is 12.4. The summed E-state index contributed by atoms with van der Waals surface area (Å²) in [6.07, 6.45) is 3.83. The number of rotatable bonds is 5. The van der Waals surface area contributed by atoms with Crippen molar-refractivity contribution < 1.29 is 13.2 Å². The van der Waals surface area contributed by atoms with E-state index in [1.54, 1.807) is 11.4 Å². The van der Waals surface area contributed by atoms with Crippen LogP contribution in [0.1, 0.15) is 25.7 Å². The fourth-order valence-electron chi connectivity index (χ4n) is 3.04. The van der Waals surface area contributed by atoms with E-state index in [2.05, 4.69) is 5.32 Å². The van der Waals surface area contributed by atoms with Gasteiger partial charge in [0.25, 0.3) is 0 Å². The molecular formula is C13H26N2O3S. The van der Waals surface area contributed by atoms with Crippen LogP contribution >= 0.6 is 0 Å². The van der Waals surface area contributed by atoms with E-state index in [0.717, 1.165) is 45.4 Å². The second kappa shape index (κ2) is 7.02. The smallest absolute Gasteiger partial charge is 0.214 e. The summed E-state index contributed by atoms with van der Waals surface area (Å²) < 4.78 is 31.6. The van der Waals surface area contributed by atoms with Crippen molar-refractivity contribution in [1.29, 1.82) is 0 Å². The molecule has 0 amide bonds. The molecule has 0 spiro atoms. The molecule has 0 aromatic rings. The minimum absolute atomic E-state index is 0.336. The van der Waals surface area contributed by atoms with E-state index in [4.69, 9.17) is 4.74 Å². The summed E-state index contributed by atoms with van der Waals surface area (Å²) in [6, 6.07) is 0. The van der Waals surface area contributed by atoms with Gasteiger partial charge < -0.3 is 10.1 Å². The van der Waals surface area contributed by atoms with E-state index in [9.17, 15) is 8.42 Å². The van der Waals surface area contributed by atoms with Crippen LogP contribution in [0.3, 0.4) is 0 Å². The van der Waals surface area contributed by atoms with Crippen LogP contribution < -0.4 is 5.32 Å². The predicted octanol–water partition coefficient (Wildman–Crippen LogP) is 0.674. The molecule has 0 bridgehead atoms. The third kappa shape index (κ3) is 4.41. The van der Waals surface area contributed by atoms with E-state index in [-0.39, 0.29) is 0 Å². The molecule has 2 rings (SSSR count). The number of hydrogen-bond acceptors (Lipinski definition) is 4. The molecule has 0 radical (unpaired) electrons. The van der Waals surface area contributed by atoms with Crippen molar-refractivity contribution in [3.05, 3.63) is 0 Å². The summed E-state index contributed by atoms with van der Waals surface area (Å²) in [5.41, 5.74) is 0. The molecule has 0 aliphatic carbocycles. The normalized spacial score (nSPS) is 24.7. The van der Waals surface area contributed by atoms with Gasteiger partial charge >= 0.3 is 0 Å². The molecule has 2 aliphatic rings. The third-order valence-electron chi connectivity index (χ3n) is 4.27. The number of sulfonamides is 1. The van der Waals surface area contributed by atoms with Gasteiger partial charge in [0.05, 0.1) is 5.75 Å². The van der Waals surface area contributed by atoms with E-state index in [1.165, 1.54) is 0 Å². The first kappa shape index (κ1) is 15.2. The van der Waals surface area contributed by atoms with Crippen LogP contribution in [0, 0.1) is 11.8 Å². The summed E-state index contributed by atoms with van der Waals surface area (Å²) >= 11 is 0. The summed E-state index contributed by atoms with van der Waals surface area (Å²) in [7, 11) is -1.35. The summed E-state index contributed by atoms with van der Waals surface area (Å²) in [5.74, 6) is 1.20. The Kier molecular flexibility index (Phi) is 5.62. The molecule has 0 aromatic heterocycles. The van der Waals surface area contributed by atoms with Gasteiger partial charge in [-0.25, -0.2) is 12.7 Å². The van der Waals surface area contributed by atoms with Crippen molar-refractivity contribution >= 4 is 10.0 Å². The highest BCUT2D eigenvalue weighted by Crippen LogP contribution is 2.22. The van der Waals surface area contributed by atoms with Crippen LogP contribution in [0.4, 0.5) is 0 Å². The molecule has 112 valence electrons. The van der Waals surface area contributed by atoms with Gasteiger partial charge in [0, 0.05) is 26.8 Å². The third-order valence-corrected chi connectivity index (χ3v) is 6.32. The molecule has 5 nitrogen and oxygen atoms in total. The number of ether oxygens (including phenoxy) is 1. The first-order valence-corrected chi connectivity index (χ1v) is 8.90. The van der Waals surface area contributed by atoms with Gasteiger partial charge in [-0.3, -0.25) is 0 Å². The monoisotopic (exact) mass is 290 g/mol. The van der Waals surface area contributed by atoms with Crippen molar-refractivity contribution in [3.63, 3.8) is 0 Å². The Morgan fingerprint density at radius 3 is 2.32 bits per heavy atom. The van der Waals surface area contributed by atoms with Gasteiger partial charge in [0.15, 0.2) is 0 Å². The van der Waals surface area contributed by atoms with Gasteiger partial charge in [0.2, 0.25) is 10.0 Å². The molecular weight excluding hydrogens is 264 g/mol. The predicted molar refractivity (Wildman–Crippen MR) is 75.6 cm³/mol. The van der Waals surface area contributed by atoms with Crippen LogP contribution in [-0.4, -0.2) is 58.4 Å². The molecule has 2 heterocycles. The quantitative estimate of drug-likeness (QED) is 0.809. The van der Waals surface area contributed by atoms with E-state index >= 15 is 0 Å².